The molecule has 6 heteroatoms. The SMILES string of the molecule is CCOC(=O)NCCNC(=O)C1CCCN(Cc2ccccc2)C1. The van der Waals surface area contributed by atoms with Gasteiger partial charge in [-0.05, 0) is 31.9 Å². The summed E-state index contributed by atoms with van der Waals surface area (Å²) >= 11 is 0. The van der Waals surface area contributed by atoms with Crippen molar-refractivity contribution in [2.24, 2.45) is 5.92 Å². The molecule has 1 aliphatic heterocycles. The van der Waals surface area contributed by atoms with E-state index in [9.17, 15) is 9.59 Å². The Labute approximate surface area is 143 Å². The Kier molecular flexibility index (Phi) is 7.55. The van der Waals surface area contributed by atoms with Crippen LogP contribution in [0, 0.1) is 5.92 Å². The molecule has 0 bridgehead atoms. The molecule has 0 spiro atoms. The van der Waals surface area contributed by atoms with Crippen LogP contribution in [-0.2, 0) is 16.1 Å². The number of carbonyl (C=O) groups excluding carboxylic acids is 2. The first-order valence-electron chi connectivity index (χ1n) is 8.63. The van der Waals surface area contributed by atoms with E-state index in [1.54, 1.807) is 6.92 Å². The van der Waals surface area contributed by atoms with Crippen molar-refractivity contribution in [2.75, 3.05) is 32.8 Å². The molecule has 0 saturated carbocycles. The van der Waals surface area contributed by atoms with Crippen LogP contribution < -0.4 is 10.6 Å². The number of alkyl carbamates (subject to hydrolysis) is 1. The van der Waals surface area contributed by atoms with Crippen LogP contribution in [0.3, 0.4) is 0 Å². The van der Waals surface area contributed by atoms with Gasteiger partial charge in [-0.15, -0.1) is 0 Å². The number of likely N-dealkylation sites (tertiary alicyclic amines) is 1. The molecule has 24 heavy (non-hydrogen) atoms. The summed E-state index contributed by atoms with van der Waals surface area (Å²) in [6.07, 6.45) is 1.51. The van der Waals surface area contributed by atoms with Crippen LogP contribution in [0.2, 0.25) is 0 Å². The number of hydrogen-bond donors (Lipinski definition) is 2. The predicted molar refractivity (Wildman–Crippen MR) is 92.5 cm³/mol. The van der Waals surface area contributed by atoms with E-state index in [1.165, 1.54) is 5.56 Å². The van der Waals surface area contributed by atoms with E-state index in [4.69, 9.17) is 4.74 Å². The van der Waals surface area contributed by atoms with Crippen molar-refractivity contribution in [3.8, 4) is 0 Å². The fraction of sp³-hybridized carbons (Fsp3) is 0.556. The van der Waals surface area contributed by atoms with Crippen LogP contribution >= 0.6 is 0 Å². The number of ether oxygens (including phenoxy) is 1. The van der Waals surface area contributed by atoms with Crippen LogP contribution in [0.5, 0.6) is 0 Å². The highest BCUT2D eigenvalue weighted by Crippen LogP contribution is 2.18. The fourth-order valence-electron chi connectivity index (χ4n) is 2.93. The van der Waals surface area contributed by atoms with Gasteiger partial charge in [0.05, 0.1) is 12.5 Å². The second kappa shape index (κ2) is 9.93. The number of carbonyl (C=O) groups is 2. The summed E-state index contributed by atoms with van der Waals surface area (Å²) in [6.45, 7) is 5.60. The molecule has 2 amide bonds. The summed E-state index contributed by atoms with van der Waals surface area (Å²) in [5.74, 6) is 0.0866. The van der Waals surface area contributed by atoms with Crippen molar-refractivity contribution >= 4 is 12.0 Å². The molecule has 1 atom stereocenters. The molecule has 0 aromatic heterocycles. The summed E-state index contributed by atoms with van der Waals surface area (Å²) in [5.41, 5.74) is 1.28. The number of benzene rings is 1. The van der Waals surface area contributed by atoms with Gasteiger partial charge in [-0.25, -0.2) is 4.79 Å². The van der Waals surface area contributed by atoms with Gasteiger partial charge in [-0.1, -0.05) is 30.3 Å². The number of rotatable bonds is 7. The first kappa shape index (κ1) is 18.3. The van der Waals surface area contributed by atoms with E-state index in [2.05, 4.69) is 27.7 Å². The lowest BCUT2D eigenvalue weighted by molar-refractivity contribution is -0.126. The highest BCUT2D eigenvalue weighted by molar-refractivity contribution is 5.79. The third kappa shape index (κ3) is 6.20. The lowest BCUT2D eigenvalue weighted by atomic mass is 9.96. The second-order valence-electron chi connectivity index (χ2n) is 6.00. The lowest BCUT2D eigenvalue weighted by Gasteiger charge is -2.32. The van der Waals surface area contributed by atoms with Gasteiger partial charge in [0, 0.05) is 26.2 Å². The molecule has 6 nitrogen and oxygen atoms in total. The minimum atomic E-state index is -0.446. The molecule has 1 fully saturated rings. The van der Waals surface area contributed by atoms with E-state index in [0.29, 0.717) is 19.7 Å². The summed E-state index contributed by atoms with van der Waals surface area (Å²) in [6, 6.07) is 10.3. The smallest absolute Gasteiger partial charge is 0.407 e. The Morgan fingerprint density at radius 1 is 1.21 bits per heavy atom. The zero-order valence-corrected chi connectivity index (χ0v) is 14.3. The van der Waals surface area contributed by atoms with Crippen molar-refractivity contribution in [1.82, 2.24) is 15.5 Å². The molecular formula is C18H27N3O3. The van der Waals surface area contributed by atoms with Gasteiger partial charge < -0.3 is 15.4 Å². The van der Waals surface area contributed by atoms with Crippen molar-refractivity contribution in [2.45, 2.75) is 26.3 Å². The Balaban J connectivity index is 1.69. The van der Waals surface area contributed by atoms with Crippen molar-refractivity contribution in [3.05, 3.63) is 35.9 Å². The molecule has 1 unspecified atom stereocenters. The summed E-state index contributed by atoms with van der Waals surface area (Å²) in [7, 11) is 0. The zero-order chi connectivity index (χ0) is 17.2. The minimum Gasteiger partial charge on any atom is -0.450 e. The maximum absolute atomic E-state index is 12.3. The van der Waals surface area contributed by atoms with Gasteiger partial charge in [0.15, 0.2) is 0 Å². The van der Waals surface area contributed by atoms with E-state index < -0.39 is 6.09 Å². The average Bonchev–Trinajstić information content (AvgIpc) is 2.60. The third-order valence-corrected chi connectivity index (χ3v) is 4.09. The first-order valence-corrected chi connectivity index (χ1v) is 8.63. The maximum atomic E-state index is 12.3. The van der Waals surface area contributed by atoms with Gasteiger partial charge in [0.1, 0.15) is 0 Å². The van der Waals surface area contributed by atoms with Gasteiger partial charge in [0.25, 0.3) is 0 Å². The molecule has 1 aromatic rings. The minimum absolute atomic E-state index is 0.0186. The van der Waals surface area contributed by atoms with Crippen molar-refractivity contribution < 1.29 is 14.3 Å². The molecule has 2 rings (SSSR count). The van der Waals surface area contributed by atoms with Gasteiger partial charge in [-0.3, -0.25) is 9.69 Å². The van der Waals surface area contributed by atoms with Gasteiger partial charge >= 0.3 is 6.09 Å². The van der Waals surface area contributed by atoms with Crippen LogP contribution in [-0.4, -0.2) is 49.7 Å². The predicted octanol–water partition coefficient (Wildman–Crippen LogP) is 1.76. The van der Waals surface area contributed by atoms with Gasteiger partial charge in [-0.2, -0.15) is 0 Å². The van der Waals surface area contributed by atoms with E-state index in [1.807, 2.05) is 18.2 Å². The number of nitrogens with zero attached hydrogens (tertiary/aromatic N) is 1. The molecule has 2 N–H and O–H groups in total. The van der Waals surface area contributed by atoms with Crippen molar-refractivity contribution in [3.63, 3.8) is 0 Å². The monoisotopic (exact) mass is 333 g/mol. The maximum Gasteiger partial charge on any atom is 0.407 e. The molecule has 1 saturated heterocycles. The highest BCUT2D eigenvalue weighted by Gasteiger charge is 2.25. The lowest BCUT2D eigenvalue weighted by Crippen LogP contribution is -2.44. The number of hydrogen-bond acceptors (Lipinski definition) is 4. The van der Waals surface area contributed by atoms with Crippen LogP contribution in [0.15, 0.2) is 30.3 Å². The highest BCUT2D eigenvalue weighted by atomic mass is 16.5. The van der Waals surface area contributed by atoms with Crippen LogP contribution in [0.25, 0.3) is 0 Å². The van der Waals surface area contributed by atoms with E-state index >= 15 is 0 Å². The number of nitrogens with one attached hydrogen (secondary N) is 2. The second-order valence-corrected chi connectivity index (χ2v) is 6.00. The summed E-state index contributed by atoms with van der Waals surface area (Å²) < 4.78 is 4.77. The molecule has 132 valence electrons. The molecule has 1 aromatic carbocycles. The molecule has 1 aliphatic rings. The zero-order valence-electron chi connectivity index (χ0n) is 14.3. The molecule has 1 heterocycles. The van der Waals surface area contributed by atoms with Crippen LogP contribution in [0.4, 0.5) is 4.79 Å². The Morgan fingerprint density at radius 3 is 2.71 bits per heavy atom. The normalized spacial score (nSPS) is 18.0. The summed E-state index contributed by atoms with van der Waals surface area (Å²) in [5, 5.41) is 5.50. The topological polar surface area (TPSA) is 70.7 Å². The number of amides is 2. The fourth-order valence-corrected chi connectivity index (χ4v) is 2.93. The standard InChI is InChI=1S/C18H27N3O3/c1-2-24-18(23)20-11-10-19-17(22)16-9-6-12-21(14-16)13-15-7-4-3-5-8-15/h3-5,7-8,16H,2,6,9-14H2,1H3,(H,19,22)(H,20,23). The third-order valence-electron chi connectivity index (χ3n) is 4.09. The van der Waals surface area contributed by atoms with Crippen LogP contribution in [0.1, 0.15) is 25.3 Å². The molecule has 0 aliphatic carbocycles. The Hall–Kier alpha value is -2.08. The summed E-state index contributed by atoms with van der Waals surface area (Å²) in [4.78, 5) is 25.8. The van der Waals surface area contributed by atoms with Crippen molar-refractivity contribution in [1.29, 1.82) is 0 Å². The largest absolute Gasteiger partial charge is 0.450 e. The number of piperidine rings is 1. The Bertz CT molecular complexity index is 522. The molecular weight excluding hydrogens is 306 g/mol. The average molecular weight is 333 g/mol. The Morgan fingerprint density at radius 2 is 1.96 bits per heavy atom. The quantitative estimate of drug-likeness (QED) is 0.746. The van der Waals surface area contributed by atoms with E-state index in [-0.39, 0.29) is 11.8 Å². The van der Waals surface area contributed by atoms with Gasteiger partial charge in [0.2, 0.25) is 5.91 Å². The first-order chi connectivity index (χ1) is 11.7. The van der Waals surface area contributed by atoms with E-state index in [0.717, 1.165) is 32.5 Å². The molecule has 0 radical (unpaired) electrons.